The van der Waals surface area contributed by atoms with Gasteiger partial charge in [0.15, 0.2) is 0 Å². The van der Waals surface area contributed by atoms with E-state index in [1.165, 1.54) is 12.1 Å². The van der Waals surface area contributed by atoms with E-state index in [2.05, 4.69) is 0 Å². The lowest BCUT2D eigenvalue weighted by atomic mass is 10.2. The molecule has 1 aromatic rings. The van der Waals surface area contributed by atoms with Crippen molar-refractivity contribution < 1.29 is 26.0 Å². The van der Waals surface area contributed by atoms with Crippen LogP contribution >= 0.6 is 0 Å². The Morgan fingerprint density at radius 2 is 1.67 bits per heavy atom. The molecule has 0 N–H and O–H groups in total. The third kappa shape index (κ3) is 3.68. The van der Waals surface area contributed by atoms with E-state index in [0.29, 0.717) is 12.1 Å². The highest BCUT2D eigenvalue weighted by atomic mass is 32.2. The van der Waals surface area contributed by atoms with Gasteiger partial charge in [-0.15, -0.1) is 0 Å². The molecule has 10 heteroatoms. The normalized spacial score (nSPS) is 12.0. The van der Waals surface area contributed by atoms with Crippen LogP contribution in [0.2, 0.25) is 0 Å². The standard InChI is InChI=1S/C11H7F4N3O2S/c12-9-2-1-8(11(13,14)15)7-10(9)21(19,20)18(5-3-16)6-4-17/h1-2,7H,5-6H2. The Bertz CT molecular complexity index is 700. The van der Waals surface area contributed by atoms with E-state index in [9.17, 15) is 26.0 Å². The lowest BCUT2D eigenvalue weighted by Crippen LogP contribution is -2.32. The number of hydrogen-bond acceptors (Lipinski definition) is 4. The van der Waals surface area contributed by atoms with Crippen molar-refractivity contribution >= 4 is 10.0 Å². The van der Waals surface area contributed by atoms with Gasteiger partial charge in [0.1, 0.15) is 23.8 Å². The van der Waals surface area contributed by atoms with Crippen LogP contribution in [0, 0.1) is 28.5 Å². The molecular formula is C11H7F4N3O2S. The molecule has 5 nitrogen and oxygen atoms in total. The quantitative estimate of drug-likeness (QED) is 0.626. The molecule has 112 valence electrons. The summed E-state index contributed by atoms with van der Waals surface area (Å²) in [5.41, 5.74) is -1.35. The Morgan fingerprint density at radius 3 is 2.10 bits per heavy atom. The summed E-state index contributed by atoms with van der Waals surface area (Å²) in [4.78, 5) is -1.23. The minimum Gasteiger partial charge on any atom is -0.207 e. The molecule has 0 amide bonds. The summed E-state index contributed by atoms with van der Waals surface area (Å²) in [6, 6.07) is 3.78. The maximum Gasteiger partial charge on any atom is 0.416 e. The van der Waals surface area contributed by atoms with Gasteiger partial charge in [0.25, 0.3) is 0 Å². The molecule has 0 spiro atoms. The second-order valence-electron chi connectivity index (χ2n) is 3.73. The summed E-state index contributed by atoms with van der Waals surface area (Å²) in [5, 5.41) is 17.0. The fraction of sp³-hybridized carbons (Fsp3) is 0.273. The highest BCUT2D eigenvalue weighted by Crippen LogP contribution is 2.32. The van der Waals surface area contributed by atoms with Gasteiger partial charge >= 0.3 is 6.18 Å². The first kappa shape index (κ1) is 16.9. The SMILES string of the molecule is N#CCN(CC#N)S(=O)(=O)c1cc(C(F)(F)F)ccc1F. The highest BCUT2D eigenvalue weighted by molar-refractivity contribution is 7.89. The Labute approximate surface area is 117 Å². The van der Waals surface area contributed by atoms with Crippen molar-refractivity contribution in [1.29, 1.82) is 10.5 Å². The van der Waals surface area contributed by atoms with E-state index in [0.717, 1.165) is 0 Å². The molecule has 0 saturated carbocycles. The molecule has 0 aliphatic rings. The molecule has 0 aromatic heterocycles. The molecule has 0 radical (unpaired) electrons. The van der Waals surface area contributed by atoms with E-state index >= 15 is 0 Å². The lowest BCUT2D eigenvalue weighted by Gasteiger charge is -2.17. The third-order valence-electron chi connectivity index (χ3n) is 2.37. The smallest absolute Gasteiger partial charge is 0.207 e. The Morgan fingerprint density at radius 1 is 1.14 bits per heavy atom. The zero-order valence-electron chi connectivity index (χ0n) is 10.2. The molecule has 0 atom stereocenters. The number of rotatable bonds is 4. The van der Waals surface area contributed by atoms with Gasteiger partial charge in [0.2, 0.25) is 10.0 Å². The van der Waals surface area contributed by atoms with E-state index < -0.39 is 45.6 Å². The first-order valence-corrected chi connectivity index (χ1v) is 6.69. The van der Waals surface area contributed by atoms with Crippen LogP contribution in [0.1, 0.15) is 5.56 Å². The topological polar surface area (TPSA) is 85.0 Å². The zero-order valence-corrected chi connectivity index (χ0v) is 11.0. The molecule has 1 aromatic carbocycles. The van der Waals surface area contributed by atoms with Crippen LogP contribution in [0.25, 0.3) is 0 Å². The predicted molar refractivity (Wildman–Crippen MR) is 61.4 cm³/mol. The van der Waals surface area contributed by atoms with E-state index in [1.807, 2.05) is 0 Å². The lowest BCUT2D eigenvalue weighted by molar-refractivity contribution is -0.137. The van der Waals surface area contributed by atoms with Gasteiger partial charge < -0.3 is 0 Å². The first-order valence-electron chi connectivity index (χ1n) is 5.25. The molecule has 0 heterocycles. The number of nitriles is 2. The Kier molecular flexibility index (Phi) is 4.88. The number of sulfonamides is 1. The summed E-state index contributed by atoms with van der Waals surface area (Å²) < 4.78 is 75.5. The van der Waals surface area contributed by atoms with Crippen LogP contribution < -0.4 is 0 Å². The maximum absolute atomic E-state index is 13.6. The van der Waals surface area contributed by atoms with Crippen molar-refractivity contribution in [2.75, 3.05) is 13.1 Å². The van der Waals surface area contributed by atoms with Crippen molar-refractivity contribution in [1.82, 2.24) is 4.31 Å². The van der Waals surface area contributed by atoms with Crippen molar-refractivity contribution in [2.24, 2.45) is 0 Å². The average Bonchev–Trinajstić information content (AvgIpc) is 2.37. The molecule has 0 saturated heterocycles. The summed E-state index contributed by atoms with van der Waals surface area (Å²) in [7, 11) is -4.73. The van der Waals surface area contributed by atoms with E-state index in [4.69, 9.17) is 10.5 Å². The second kappa shape index (κ2) is 6.08. The van der Waals surface area contributed by atoms with Crippen LogP contribution in [-0.4, -0.2) is 25.8 Å². The van der Waals surface area contributed by atoms with E-state index in [1.54, 1.807) is 0 Å². The Balaban J connectivity index is 3.44. The molecule has 0 bridgehead atoms. The average molecular weight is 321 g/mol. The van der Waals surface area contributed by atoms with Crippen LogP contribution in [0.15, 0.2) is 23.1 Å². The molecule has 0 fully saturated rings. The van der Waals surface area contributed by atoms with Gasteiger partial charge in [-0.2, -0.15) is 28.0 Å². The molecular weight excluding hydrogens is 314 g/mol. The number of benzene rings is 1. The third-order valence-corrected chi connectivity index (χ3v) is 4.18. The first-order chi connectivity index (χ1) is 9.64. The number of hydrogen-bond donors (Lipinski definition) is 0. The number of nitrogens with zero attached hydrogens (tertiary/aromatic N) is 3. The molecule has 0 aliphatic carbocycles. The van der Waals surface area contributed by atoms with Crippen molar-refractivity contribution in [3.8, 4) is 12.1 Å². The summed E-state index contributed by atoms with van der Waals surface area (Å²) in [6.45, 7) is -1.57. The van der Waals surface area contributed by atoms with Crippen molar-refractivity contribution in [3.05, 3.63) is 29.6 Å². The molecule has 0 aliphatic heterocycles. The van der Waals surface area contributed by atoms with Crippen molar-refractivity contribution in [2.45, 2.75) is 11.1 Å². The van der Waals surface area contributed by atoms with Crippen LogP contribution in [0.4, 0.5) is 17.6 Å². The fourth-order valence-corrected chi connectivity index (χ4v) is 2.72. The number of halogens is 4. The fourth-order valence-electron chi connectivity index (χ4n) is 1.40. The van der Waals surface area contributed by atoms with Crippen LogP contribution in [0.3, 0.4) is 0 Å². The molecule has 1 rings (SSSR count). The second-order valence-corrected chi connectivity index (χ2v) is 5.64. The number of alkyl halides is 3. The summed E-state index contributed by atoms with van der Waals surface area (Å²) in [5.74, 6) is -1.40. The van der Waals surface area contributed by atoms with Gasteiger partial charge in [-0.25, -0.2) is 12.8 Å². The minimum absolute atomic E-state index is 0.131. The molecule has 0 unspecified atom stereocenters. The van der Waals surface area contributed by atoms with Crippen molar-refractivity contribution in [3.63, 3.8) is 0 Å². The van der Waals surface area contributed by atoms with E-state index in [-0.39, 0.29) is 10.4 Å². The highest BCUT2D eigenvalue weighted by Gasteiger charge is 2.34. The predicted octanol–water partition coefficient (Wildman–Crippen LogP) is 1.88. The maximum atomic E-state index is 13.6. The summed E-state index contributed by atoms with van der Waals surface area (Å²) in [6.07, 6.45) is -4.85. The monoisotopic (exact) mass is 321 g/mol. The van der Waals surface area contributed by atoms with Gasteiger partial charge in [0.05, 0.1) is 17.7 Å². The van der Waals surface area contributed by atoms with Gasteiger partial charge in [0, 0.05) is 0 Å². The minimum atomic E-state index is -4.85. The van der Waals surface area contributed by atoms with Gasteiger partial charge in [-0.3, -0.25) is 0 Å². The van der Waals surface area contributed by atoms with Gasteiger partial charge in [-0.05, 0) is 18.2 Å². The van der Waals surface area contributed by atoms with Crippen LogP contribution in [-0.2, 0) is 16.2 Å². The largest absolute Gasteiger partial charge is 0.416 e. The van der Waals surface area contributed by atoms with Crippen LogP contribution in [0.5, 0.6) is 0 Å². The van der Waals surface area contributed by atoms with Gasteiger partial charge in [-0.1, -0.05) is 0 Å². The molecule has 21 heavy (non-hydrogen) atoms. The summed E-state index contributed by atoms with van der Waals surface area (Å²) >= 11 is 0. The Hall–Kier alpha value is -2.17. The zero-order chi connectivity index (χ0) is 16.3.